The lowest BCUT2D eigenvalue weighted by atomic mass is 10.00. The molecule has 0 saturated heterocycles. The normalized spacial score (nSPS) is 11.2. The Balaban J connectivity index is 2.16. The zero-order valence-corrected chi connectivity index (χ0v) is 14.3. The van der Waals surface area contributed by atoms with Crippen LogP contribution in [0.1, 0.15) is 80.6 Å². The summed E-state index contributed by atoms with van der Waals surface area (Å²) < 4.78 is 0. The van der Waals surface area contributed by atoms with E-state index in [0.717, 1.165) is 24.8 Å². The fraction of sp³-hybridized carbons (Fsp3) is 0.550. The van der Waals surface area contributed by atoms with E-state index in [4.69, 9.17) is 5.11 Å². The van der Waals surface area contributed by atoms with E-state index >= 15 is 0 Å². The van der Waals surface area contributed by atoms with Gasteiger partial charge in [-0.05, 0) is 50.2 Å². The van der Waals surface area contributed by atoms with E-state index < -0.39 is 5.97 Å². The van der Waals surface area contributed by atoms with Crippen molar-refractivity contribution in [2.45, 2.75) is 71.1 Å². The molecule has 1 aromatic rings. The first kappa shape index (κ1) is 19.3. The van der Waals surface area contributed by atoms with Crippen molar-refractivity contribution in [2.24, 2.45) is 0 Å². The maximum absolute atomic E-state index is 11.2. The van der Waals surface area contributed by atoms with Crippen LogP contribution in [0.15, 0.2) is 30.4 Å². The van der Waals surface area contributed by atoms with Gasteiger partial charge in [-0.25, -0.2) is 4.79 Å². The van der Waals surface area contributed by atoms with Crippen LogP contribution in [0.25, 0.3) is 0 Å². The Labute approximate surface area is 140 Å². The van der Waals surface area contributed by atoms with E-state index in [0.29, 0.717) is 6.42 Å². The molecule has 0 bridgehead atoms. The highest BCUT2D eigenvalue weighted by Gasteiger charge is 2.14. The van der Waals surface area contributed by atoms with E-state index in [1.54, 1.807) is 12.1 Å². The van der Waals surface area contributed by atoms with Crippen molar-refractivity contribution in [2.75, 3.05) is 0 Å². The molecular formula is C20H30O3. The van der Waals surface area contributed by atoms with Gasteiger partial charge in [-0.3, -0.25) is 0 Å². The second kappa shape index (κ2) is 11.8. The van der Waals surface area contributed by atoms with Gasteiger partial charge in [-0.2, -0.15) is 0 Å². The molecule has 23 heavy (non-hydrogen) atoms. The summed E-state index contributed by atoms with van der Waals surface area (Å²) in [7, 11) is 0. The first-order chi connectivity index (χ1) is 11.2. The number of aryl methyl sites for hydroxylation is 1. The summed E-state index contributed by atoms with van der Waals surface area (Å²) in [5, 5.41) is 18.8. The predicted molar refractivity (Wildman–Crippen MR) is 95.1 cm³/mol. The molecule has 0 unspecified atom stereocenters. The molecule has 1 aromatic carbocycles. The summed E-state index contributed by atoms with van der Waals surface area (Å²) in [6.07, 6.45) is 15.9. The monoisotopic (exact) mass is 318 g/mol. The number of aromatic hydroxyl groups is 1. The van der Waals surface area contributed by atoms with Gasteiger partial charge >= 0.3 is 5.97 Å². The number of phenols is 1. The first-order valence-electron chi connectivity index (χ1n) is 8.86. The highest BCUT2D eigenvalue weighted by molar-refractivity contribution is 5.92. The van der Waals surface area contributed by atoms with Crippen molar-refractivity contribution in [3.8, 4) is 5.75 Å². The second-order valence-electron chi connectivity index (χ2n) is 6.04. The minimum Gasteiger partial charge on any atom is -0.507 e. The molecule has 0 amide bonds. The van der Waals surface area contributed by atoms with Gasteiger partial charge in [0.1, 0.15) is 11.3 Å². The topological polar surface area (TPSA) is 57.5 Å². The molecule has 0 aliphatic heterocycles. The molecule has 0 aromatic heterocycles. The SMILES string of the molecule is CCCCCC=CCCCCCCc1cccc(O)c1C(=O)O. The first-order valence-corrected chi connectivity index (χ1v) is 8.86. The Morgan fingerprint density at radius 1 is 1.00 bits per heavy atom. The molecule has 3 nitrogen and oxygen atoms in total. The minimum absolute atomic E-state index is 0.0579. The Hall–Kier alpha value is -1.77. The van der Waals surface area contributed by atoms with Crippen molar-refractivity contribution in [3.63, 3.8) is 0 Å². The fourth-order valence-electron chi connectivity index (χ4n) is 2.72. The largest absolute Gasteiger partial charge is 0.507 e. The molecule has 0 heterocycles. The van der Waals surface area contributed by atoms with E-state index in [9.17, 15) is 9.90 Å². The summed E-state index contributed by atoms with van der Waals surface area (Å²) in [4.78, 5) is 11.2. The van der Waals surface area contributed by atoms with Gasteiger partial charge in [-0.1, -0.05) is 56.9 Å². The van der Waals surface area contributed by atoms with Crippen LogP contribution >= 0.6 is 0 Å². The van der Waals surface area contributed by atoms with Crippen molar-refractivity contribution in [1.29, 1.82) is 0 Å². The van der Waals surface area contributed by atoms with Crippen LogP contribution in [0.3, 0.4) is 0 Å². The Morgan fingerprint density at radius 3 is 2.30 bits per heavy atom. The van der Waals surface area contributed by atoms with Crippen molar-refractivity contribution >= 4 is 5.97 Å². The maximum Gasteiger partial charge on any atom is 0.339 e. The van der Waals surface area contributed by atoms with E-state index in [1.165, 1.54) is 44.6 Å². The highest BCUT2D eigenvalue weighted by Crippen LogP contribution is 2.22. The van der Waals surface area contributed by atoms with Crippen LogP contribution < -0.4 is 0 Å². The molecule has 128 valence electrons. The number of aromatic carboxylic acids is 1. The summed E-state index contributed by atoms with van der Waals surface area (Å²) in [5.74, 6) is -1.19. The number of rotatable bonds is 12. The Kier molecular flexibility index (Phi) is 9.85. The fourth-order valence-corrected chi connectivity index (χ4v) is 2.72. The lowest BCUT2D eigenvalue weighted by molar-refractivity contribution is 0.0692. The number of benzene rings is 1. The summed E-state index contributed by atoms with van der Waals surface area (Å²) in [5.41, 5.74) is 0.788. The Bertz CT molecular complexity index is 492. The van der Waals surface area contributed by atoms with Gasteiger partial charge in [0.15, 0.2) is 0 Å². The van der Waals surface area contributed by atoms with Crippen LogP contribution in [0.4, 0.5) is 0 Å². The molecule has 0 radical (unpaired) electrons. The smallest absolute Gasteiger partial charge is 0.339 e. The van der Waals surface area contributed by atoms with Gasteiger partial charge in [0.25, 0.3) is 0 Å². The van der Waals surface area contributed by atoms with Crippen LogP contribution in [-0.4, -0.2) is 16.2 Å². The van der Waals surface area contributed by atoms with Crippen molar-refractivity contribution in [1.82, 2.24) is 0 Å². The molecule has 0 spiro atoms. The van der Waals surface area contributed by atoms with Gasteiger partial charge in [0, 0.05) is 0 Å². The third-order valence-corrected chi connectivity index (χ3v) is 4.05. The molecule has 0 fully saturated rings. The second-order valence-corrected chi connectivity index (χ2v) is 6.04. The molecule has 0 atom stereocenters. The predicted octanol–water partition coefficient (Wildman–Crippen LogP) is 5.72. The number of carboxylic acids is 1. The Morgan fingerprint density at radius 2 is 1.65 bits per heavy atom. The van der Waals surface area contributed by atoms with Crippen molar-refractivity contribution in [3.05, 3.63) is 41.5 Å². The molecule has 0 aliphatic carbocycles. The van der Waals surface area contributed by atoms with Crippen LogP contribution in [0, 0.1) is 0 Å². The van der Waals surface area contributed by atoms with Gasteiger partial charge < -0.3 is 10.2 Å². The summed E-state index contributed by atoms with van der Waals surface area (Å²) in [6.45, 7) is 2.22. The van der Waals surface area contributed by atoms with Gasteiger partial charge in [0.05, 0.1) is 0 Å². The standard InChI is InChI=1S/C20H30O3/c1-2-3-4-5-6-7-8-9-10-11-12-14-17-15-13-16-18(21)19(17)20(22)23/h6-7,13,15-16,21H,2-5,8-12,14H2,1H3,(H,22,23). The number of carboxylic acid groups (broad SMARTS) is 1. The summed E-state index contributed by atoms with van der Waals surface area (Å²) in [6, 6.07) is 4.93. The number of hydrogen-bond donors (Lipinski definition) is 2. The molecule has 1 rings (SSSR count). The summed E-state index contributed by atoms with van der Waals surface area (Å²) >= 11 is 0. The average Bonchev–Trinajstić information content (AvgIpc) is 2.52. The molecule has 0 aliphatic rings. The number of carbonyl (C=O) groups is 1. The quantitative estimate of drug-likeness (QED) is 0.383. The third kappa shape index (κ3) is 7.87. The average molecular weight is 318 g/mol. The molecular weight excluding hydrogens is 288 g/mol. The number of unbranched alkanes of at least 4 members (excludes halogenated alkanes) is 7. The highest BCUT2D eigenvalue weighted by atomic mass is 16.4. The minimum atomic E-state index is -1.05. The van der Waals surface area contributed by atoms with Gasteiger partial charge in [0.2, 0.25) is 0 Å². The number of hydrogen-bond acceptors (Lipinski definition) is 2. The van der Waals surface area contributed by atoms with E-state index in [2.05, 4.69) is 19.1 Å². The zero-order chi connectivity index (χ0) is 16.9. The van der Waals surface area contributed by atoms with E-state index in [1.807, 2.05) is 0 Å². The van der Waals surface area contributed by atoms with Crippen LogP contribution in [0.5, 0.6) is 5.75 Å². The van der Waals surface area contributed by atoms with Gasteiger partial charge in [-0.15, -0.1) is 0 Å². The zero-order valence-electron chi connectivity index (χ0n) is 14.3. The third-order valence-electron chi connectivity index (χ3n) is 4.05. The van der Waals surface area contributed by atoms with E-state index in [-0.39, 0.29) is 11.3 Å². The molecule has 0 saturated carbocycles. The van der Waals surface area contributed by atoms with Crippen molar-refractivity contribution < 1.29 is 15.0 Å². The maximum atomic E-state index is 11.2. The van der Waals surface area contributed by atoms with Crippen LogP contribution in [-0.2, 0) is 6.42 Å². The lowest BCUT2D eigenvalue weighted by Gasteiger charge is -2.07. The molecule has 3 heteroatoms. The lowest BCUT2D eigenvalue weighted by Crippen LogP contribution is -2.03. The number of allylic oxidation sites excluding steroid dienone is 2. The molecule has 2 N–H and O–H groups in total. The van der Waals surface area contributed by atoms with Crippen LogP contribution in [0.2, 0.25) is 0 Å².